The average Bonchev–Trinajstić information content (AvgIpc) is 3.05. The Hall–Kier alpha value is -2.34. The summed E-state index contributed by atoms with van der Waals surface area (Å²) in [5.41, 5.74) is 3.36. The van der Waals surface area contributed by atoms with Gasteiger partial charge in [-0.2, -0.15) is 0 Å². The molecule has 146 valence electrons. The molecule has 4 aromatic rings. The summed E-state index contributed by atoms with van der Waals surface area (Å²) in [6, 6.07) is 20.6. The number of imidazole rings is 1. The third kappa shape index (κ3) is 4.47. The van der Waals surface area contributed by atoms with Gasteiger partial charge in [0, 0.05) is 20.1 Å². The van der Waals surface area contributed by atoms with Crippen LogP contribution in [0.25, 0.3) is 11.0 Å². The van der Waals surface area contributed by atoms with Gasteiger partial charge in [-0.25, -0.2) is 4.98 Å². The summed E-state index contributed by atoms with van der Waals surface area (Å²) in [5, 5.41) is 4.15. The quantitative estimate of drug-likeness (QED) is 0.369. The molecule has 3 aromatic carbocycles. The molecule has 1 heterocycles. The molecule has 0 bridgehead atoms. The molecule has 0 aliphatic carbocycles. The minimum atomic E-state index is -0.158. The third-order valence-corrected chi connectivity index (χ3v) is 5.65. The second-order valence-corrected chi connectivity index (χ2v) is 8.29. The molecule has 1 amide bonds. The molecule has 0 spiro atoms. The van der Waals surface area contributed by atoms with Crippen molar-refractivity contribution in [1.82, 2.24) is 14.9 Å². The van der Waals surface area contributed by atoms with Crippen LogP contribution in [-0.2, 0) is 13.1 Å². The van der Waals surface area contributed by atoms with Gasteiger partial charge in [0.2, 0.25) is 0 Å². The Labute approximate surface area is 186 Å². The average molecular weight is 489 g/mol. The third-order valence-electron chi connectivity index (χ3n) is 4.57. The number of fused-ring (bicyclic) bond motifs is 1. The minimum Gasteiger partial charge on any atom is -0.345 e. The van der Waals surface area contributed by atoms with Crippen molar-refractivity contribution in [2.75, 3.05) is 0 Å². The van der Waals surface area contributed by atoms with Crippen LogP contribution in [0.5, 0.6) is 0 Å². The smallest absolute Gasteiger partial charge is 0.251 e. The molecule has 0 unspecified atom stereocenters. The van der Waals surface area contributed by atoms with Crippen molar-refractivity contribution in [3.8, 4) is 0 Å². The summed E-state index contributed by atoms with van der Waals surface area (Å²) in [6.45, 7) is 0.823. The fraction of sp³-hybridized carbons (Fsp3) is 0.0909. The first-order valence-corrected chi connectivity index (χ1v) is 10.5. The molecule has 4 nitrogen and oxygen atoms in total. The number of nitrogens with one attached hydrogen (secondary N) is 1. The molecule has 1 aromatic heterocycles. The van der Waals surface area contributed by atoms with Gasteiger partial charge in [0.15, 0.2) is 0 Å². The summed E-state index contributed by atoms with van der Waals surface area (Å²) >= 11 is 15.8. The van der Waals surface area contributed by atoms with Crippen LogP contribution < -0.4 is 5.32 Å². The SMILES string of the molecule is O=C(NCc1nc2ccccc2n1Cc1ccc(Cl)cc1Cl)c1cccc(Br)c1. The Kier molecular flexibility index (Phi) is 5.90. The van der Waals surface area contributed by atoms with Crippen LogP contribution in [0.3, 0.4) is 0 Å². The van der Waals surface area contributed by atoms with Gasteiger partial charge in [0.25, 0.3) is 5.91 Å². The van der Waals surface area contributed by atoms with Crippen LogP contribution in [-0.4, -0.2) is 15.5 Å². The summed E-state index contributed by atoms with van der Waals surface area (Å²) in [5.74, 6) is 0.593. The van der Waals surface area contributed by atoms with Crippen molar-refractivity contribution in [3.05, 3.63) is 98.2 Å². The Morgan fingerprint density at radius 1 is 1.03 bits per heavy atom. The number of nitrogens with zero attached hydrogens (tertiary/aromatic N) is 2. The first kappa shape index (κ1) is 20.0. The molecule has 0 saturated heterocycles. The van der Waals surface area contributed by atoms with Gasteiger partial charge < -0.3 is 9.88 Å². The fourth-order valence-electron chi connectivity index (χ4n) is 3.15. The van der Waals surface area contributed by atoms with Gasteiger partial charge in [-0.1, -0.05) is 63.4 Å². The van der Waals surface area contributed by atoms with Crippen LogP contribution in [0.1, 0.15) is 21.7 Å². The molecule has 4 rings (SSSR count). The highest BCUT2D eigenvalue weighted by molar-refractivity contribution is 9.10. The van der Waals surface area contributed by atoms with Crippen LogP contribution in [0.4, 0.5) is 0 Å². The van der Waals surface area contributed by atoms with Gasteiger partial charge >= 0.3 is 0 Å². The van der Waals surface area contributed by atoms with Crippen molar-refractivity contribution in [3.63, 3.8) is 0 Å². The molecule has 0 fully saturated rings. The highest BCUT2D eigenvalue weighted by Crippen LogP contribution is 2.24. The van der Waals surface area contributed by atoms with E-state index in [-0.39, 0.29) is 5.91 Å². The summed E-state index contributed by atoms with van der Waals surface area (Å²) in [7, 11) is 0. The number of halogens is 3. The number of carbonyl (C=O) groups excluding carboxylic acids is 1. The molecule has 1 N–H and O–H groups in total. The predicted molar refractivity (Wildman–Crippen MR) is 121 cm³/mol. The van der Waals surface area contributed by atoms with Crippen LogP contribution in [0, 0.1) is 0 Å². The zero-order chi connectivity index (χ0) is 20.4. The Morgan fingerprint density at radius 3 is 2.66 bits per heavy atom. The maximum atomic E-state index is 12.5. The number of carbonyl (C=O) groups is 1. The van der Waals surface area contributed by atoms with Gasteiger partial charge in [-0.3, -0.25) is 4.79 Å². The Morgan fingerprint density at radius 2 is 1.86 bits per heavy atom. The van der Waals surface area contributed by atoms with Crippen molar-refractivity contribution >= 4 is 56.1 Å². The molecule has 0 aliphatic heterocycles. The fourth-order valence-corrected chi connectivity index (χ4v) is 4.02. The van der Waals surface area contributed by atoms with E-state index in [1.807, 2.05) is 48.5 Å². The Balaban J connectivity index is 1.63. The van der Waals surface area contributed by atoms with E-state index in [0.29, 0.717) is 28.7 Å². The molecule has 29 heavy (non-hydrogen) atoms. The van der Waals surface area contributed by atoms with E-state index in [0.717, 1.165) is 26.9 Å². The first-order chi connectivity index (χ1) is 14.0. The van der Waals surface area contributed by atoms with Crippen LogP contribution >= 0.6 is 39.1 Å². The lowest BCUT2D eigenvalue weighted by atomic mass is 10.2. The van der Waals surface area contributed by atoms with Crippen molar-refractivity contribution in [2.24, 2.45) is 0 Å². The second kappa shape index (κ2) is 8.57. The van der Waals surface area contributed by atoms with Crippen LogP contribution in [0.2, 0.25) is 10.0 Å². The van der Waals surface area contributed by atoms with Crippen molar-refractivity contribution in [2.45, 2.75) is 13.1 Å². The Bertz CT molecular complexity index is 1210. The van der Waals surface area contributed by atoms with E-state index >= 15 is 0 Å². The molecule has 0 aliphatic rings. The van der Waals surface area contributed by atoms with Crippen molar-refractivity contribution in [1.29, 1.82) is 0 Å². The highest BCUT2D eigenvalue weighted by atomic mass is 79.9. The topological polar surface area (TPSA) is 46.9 Å². The largest absolute Gasteiger partial charge is 0.345 e. The van der Waals surface area contributed by atoms with Crippen LogP contribution in [0.15, 0.2) is 71.2 Å². The second-order valence-electron chi connectivity index (χ2n) is 6.53. The summed E-state index contributed by atoms with van der Waals surface area (Å²) < 4.78 is 2.92. The van der Waals surface area contributed by atoms with E-state index in [9.17, 15) is 4.79 Å². The molecule has 0 saturated carbocycles. The molecular weight excluding hydrogens is 473 g/mol. The van der Waals surface area contributed by atoms with E-state index < -0.39 is 0 Å². The molecule has 0 radical (unpaired) electrons. The van der Waals surface area contributed by atoms with Crippen molar-refractivity contribution < 1.29 is 4.79 Å². The standard InChI is InChI=1S/C22H16BrCl2N3O/c23-16-5-3-4-14(10-16)22(29)26-12-21-27-19-6-1-2-7-20(19)28(21)13-15-8-9-17(24)11-18(15)25/h1-11H,12-13H2,(H,26,29). The molecule has 0 atom stereocenters. The minimum absolute atomic E-state index is 0.158. The monoisotopic (exact) mass is 487 g/mol. The number of hydrogen-bond acceptors (Lipinski definition) is 2. The number of aromatic nitrogens is 2. The van der Waals surface area contributed by atoms with E-state index in [1.54, 1.807) is 18.2 Å². The number of hydrogen-bond donors (Lipinski definition) is 1. The zero-order valence-electron chi connectivity index (χ0n) is 15.2. The lowest BCUT2D eigenvalue weighted by Gasteiger charge is -2.12. The number of rotatable bonds is 5. The molecular formula is C22H16BrCl2N3O. The van der Waals surface area contributed by atoms with E-state index in [4.69, 9.17) is 28.2 Å². The van der Waals surface area contributed by atoms with Gasteiger partial charge in [0.05, 0.1) is 24.1 Å². The first-order valence-electron chi connectivity index (χ1n) is 8.93. The number of amides is 1. The highest BCUT2D eigenvalue weighted by Gasteiger charge is 2.14. The molecule has 7 heteroatoms. The maximum Gasteiger partial charge on any atom is 0.251 e. The zero-order valence-corrected chi connectivity index (χ0v) is 18.3. The lowest BCUT2D eigenvalue weighted by molar-refractivity contribution is 0.0949. The lowest BCUT2D eigenvalue weighted by Crippen LogP contribution is -2.25. The van der Waals surface area contributed by atoms with Gasteiger partial charge in [0.1, 0.15) is 5.82 Å². The summed E-state index contributed by atoms with van der Waals surface area (Å²) in [4.78, 5) is 17.3. The van der Waals surface area contributed by atoms with E-state index in [2.05, 4.69) is 25.8 Å². The maximum absolute atomic E-state index is 12.5. The summed E-state index contributed by atoms with van der Waals surface area (Å²) in [6.07, 6.45) is 0. The number of benzene rings is 3. The normalized spacial score (nSPS) is 11.0. The predicted octanol–water partition coefficient (Wildman–Crippen LogP) is 6.08. The van der Waals surface area contributed by atoms with Gasteiger partial charge in [-0.15, -0.1) is 0 Å². The van der Waals surface area contributed by atoms with Gasteiger partial charge in [-0.05, 0) is 48.0 Å². The number of para-hydroxylation sites is 2. The van der Waals surface area contributed by atoms with E-state index in [1.165, 1.54) is 0 Å².